The van der Waals surface area contributed by atoms with Crippen LogP contribution in [0.1, 0.15) is 30.3 Å². The molecule has 1 N–H and O–H groups in total. The first kappa shape index (κ1) is 15.8. The fourth-order valence-corrected chi connectivity index (χ4v) is 3.49. The number of nitrogens with one attached hydrogen (secondary N) is 1. The number of amides is 1. The summed E-state index contributed by atoms with van der Waals surface area (Å²) < 4.78 is 10.8. The minimum atomic E-state index is -0.0300. The second kappa shape index (κ2) is 7.06. The Bertz CT molecular complexity index is 860. The van der Waals surface area contributed by atoms with Gasteiger partial charge in [-0.15, -0.1) is 11.3 Å². The zero-order chi connectivity index (χ0) is 17.1. The number of carbonyl (C=O) groups is 1. The molecule has 3 heterocycles. The molecular formula is C18H17N3O3S. The highest BCUT2D eigenvalue weighted by Crippen LogP contribution is 2.31. The molecule has 0 spiro atoms. The normalized spacial score (nSPS) is 16.1. The molecule has 3 aromatic rings. The van der Waals surface area contributed by atoms with Gasteiger partial charge in [-0.3, -0.25) is 4.79 Å². The molecule has 7 heteroatoms. The lowest BCUT2D eigenvalue weighted by atomic mass is 10.0. The molecule has 1 amide bonds. The number of carbonyl (C=O) groups excluding carboxylic acids is 1. The molecule has 1 aliphatic heterocycles. The van der Waals surface area contributed by atoms with Crippen LogP contribution in [0, 0.1) is 0 Å². The standard InChI is InChI=1S/C18H17N3O3S/c22-16(19-13-9-10-23-14-5-2-1-4-12(13)14)7-8-17-20-18(21-24-17)15-6-3-11-25-15/h1-6,11,13H,7-10H2,(H,19,22)/t13-/m0/s1. The summed E-state index contributed by atoms with van der Waals surface area (Å²) in [6, 6.07) is 11.7. The van der Waals surface area contributed by atoms with Crippen LogP contribution in [-0.4, -0.2) is 22.7 Å². The monoisotopic (exact) mass is 355 g/mol. The van der Waals surface area contributed by atoms with E-state index in [4.69, 9.17) is 9.26 Å². The third-order valence-electron chi connectivity index (χ3n) is 4.07. The molecule has 0 unspecified atom stereocenters. The molecule has 128 valence electrons. The molecule has 0 saturated heterocycles. The summed E-state index contributed by atoms with van der Waals surface area (Å²) in [4.78, 5) is 17.6. The summed E-state index contributed by atoms with van der Waals surface area (Å²) in [6.07, 6.45) is 1.51. The number of aryl methyl sites for hydroxylation is 1. The Labute approximate surface area is 148 Å². The number of thiophene rings is 1. The Kier molecular flexibility index (Phi) is 4.47. The lowest BCUT2D eigenvalue weighted by Crippen LogP contribution is -2.32. The Balaban J connectivity index is 1.34. The first-order valence-electron chi connectivity index (χ1n) is 8.17. The van der Waals surface area contributed by atoms with E-state index in [1.165, 1.54) is 0 Å². The van der Waals surface area contributed by atoms with Crippen LogP contribution in [0.4, 0.5) is 0 Å². The topological polar surface area (TPSA) is 77.2 Å². The van der Waals surface area contributed by atoms with E-state index in [1.807, 2.05) is 41.8 Å². The first-order chi connectivity index (χ1) is 12.3. The van der Waals surface area contributed by atoms with E-state index in [-0.39, 0.29) is 11.9 Å². The highest BCUT2D eigenvalue weighted by Gasteiger charge is 2.22. The van der Waals surface area contributed by atoms with E-state index in [0.717, 1.165) is 22.6 Å². The number of hydrogen-bond acceptors (Lipinski definition) is 6. The highest BCUT2D eigenvalue weighted by molar-refractivity contribution is 7.13. The van der Waals surface area contributed by atoms with Gasteiger partial charge in [0, 0.05) is 24.8 Å². The Morgan fingerprint density at radius 3 is 3.08 bits per heavy atom. The molecular weight excluding hydrogens is 338 g/mol. The molecule has 4 rings (SSSR count). The van der Waals surface area contributed by atoms with Gasteiger partial charge in [-0.2, -0.15) is 4.98 Å². The molecule has 1 atom stereocenters. The fraction of sp³-hybridized carbons (Fsp3) is 0.278. The maximum atomic E-state index is 12.3. The number of benzene rings is 1. The highest BCUT2D eigenvalue weighted by atomic mass is 32.1. The quantitative estimate of drug-likeness (QED) is 0.759. The molecule has 1 aliphatic rings. The predicted molar refractivity (Wildman–Crippen MR) is 93.4 cm³/mol. The van der Waals surface area contributed by atoms with Crippen LogP contribution in [0.5, 0.6) is 5.75 Å². The lowest BCUT2D eigenvalue weighted by molar-refractivity contribution is -0.122. The zero-order valence-electron chi connectivity index (χ0n) is 13.5. The van der Waals surface area contributed by atoms with Crippen LogP contribution in [0.3, 0.4) is 0 Å². The van der Waals surface area contributed by atoms with Gasteiger partial charge in [-0.25, -0.2) is 0 Å². The van der Waals surface area contributed by atoms with Gasteiger partial charge in [0.25, 0.3) is 0 Å². The van der Waals surface area contributed by atoms with E-state index >= 15 is 0 Å². The van der Waals surface area contributed by atoms with Crippen molar-refractivity contribution in [3.8, 4) is 16.5 Å². The molecule has 25 heavy (non-hydrogen) atoms. The van der Waals surface area contributed by atoms with Crippen LogP contribution in [0.25, 0.3) is 10.7 Å². The smallest absolute Gasteiger partial charge is 0.227 e. The van der Waals surface area contributed by atoms with Crippen LogP contribution in [-0.2, 0) is 11.2 Å². The third kappa shape index (κ3) is 3.56. The van der Waals surface area contributed by atoms with Crippen molar-refractivity contribution in [1.29, 1.82) is 0 Å². The summed E-state index contributed by atoms with van der Waals surface area (Å²) in [5.41, 5.74) is 1.03. The van der Waals surface area contributed by atoms with Gasteiger partial charge < -0.3 is 14.6 Å². The summed E-state index contributed by atoms with van der Waals surface area (Å²) in [5, 5.41) is 8.99. The van der Waals surface area contributed by atoms with Gasteiger partial charge in [0.05, 0.1) is 17.5 Å². The van der Waals surface area contributed by atoms with Crippen molar-refractivity contribution >= 4 is 17.2 Å². The SMILES string of the molecule is O=C(CCc1nc(-c2cccs2)no1)N[C@H]1CCOc2ccccc21. The van der Waals surface area contributed by atoms with Crippen LogP contribution in [0.15, 0.2) is 46.3 Å². The maximum absolute atomic E-state index is 12.3. The molecule has 1 aromatic carbocycles. The zero-order valence-corrected chi connectivity index (χ0v) is 14.3. The number of rotatable bonds is 5. The van der Waals surface area contributed by atoms with Gasteiger partial charge in [0.1, 0.15) is 5.75 Å². The van der Waals surface area contributed by atoms with Crippen molar-refractivity contribution in [2.24, 2.45) is 0 Å². The molecule has 0 aliphatic carbocycles. The molecule has 0 bridgehead atoms. The van der Waals surface area contributed by atoms with Gasteiger partial charge >= 0.3 is 0 Å². The van der Waals surface area contributed by atoms with Crippen LogP contribution >= 0.6 is 11.3 Å². The number of fused-ring (bicyclic) bond motifs is 1. The van der Waals surface area contributed by atoms with E-state index in [0.29, 0.717) is 31.2 Å². The van der Waals surface area contributed by atoms with Crippen molar-refractivity contribution in [1.82, 2.24) is 15.5 Å². The minimum Gasteiger partial charge on any atom is -0.493 e. The Morgan fingerprint density at radius 1 is 1.28 bits per heavy atom. The summed E-state index contributed by atoms with van der Waals surface area (Å²) in [6.45, 7) is 0.607. The van der Waals surface area contributed by atoms with Crippen molar-refractivity contribution in [3.05, 3.63) is 53.2 Å². The van der Waals surface area contributed by atoms with E-state index in [2.05, 4.69) is 15.5 Å². The predicted octanol–water partition coefficient (Wildman–Crippen LogP) is 3.37. The van der Waals surface area contributed by atoms with Crippen LogP contribution in [0.2, 0.25) is 0 Å². The summed E-state index contributed by atoms with van der Waals surface area (Å²) >= 11 is 1.55. The second-order valence-corrected chi connectivity index (χ2v) is 6.73. The number of aromatic nitrogens is 2. The van der Waals surface area contributed by atoms with Crippen LogP contribution < -0.4 is 10.1 Å². The summed E-state index contributed by atoms with van der Waals surface area (Å²) in [5.74, 6) is 1.86. The van der Waals surface area contributed by atoms with Crippen molar-refractivity contribution < 1.29 is 14.1 Å². The molecule has 0 radical (unpaired) electrons. The summed E-state index contributed by atoms with van der Waals surface area (Å²) in [7, 11) is 0. The minimum absolute atomic E-state index is 0.0122. The molecule has 0 fully saturated rings. The van der Waals surface area contributed by atoms with E-state index in [1.54, 1.807) is 11.3 Å². The van der Waals surface area contributed by atoms with Crippen molar-refractivity contribution in [3.63, 3.8) is 0 Å². The van der Waals surface area contributed by atoms with Gasteiger partial charge in [0.15, 0.2) is 0 Å². The lowest BCUT2D eigenvalue weighted by Gasteiger charge is -2.26. The first-order valence-corrected chi connectivity index (χ1v) is 9.05. The number of ether oxygens (including phenoxy) is 1. The average Bonchev–Trinajstić information content (AvgIpc) is 3.32. The number of para-hydroxylation sites is 1. The van der Waals surface area contributed by atoms with Crippen molar-refractivity contribution in [2.45, 2.75) is 25.3 Å². The Morgan fingerprint density at radius 2 is 2.20 bits per heavy atom. The fourth-order valence-electron chi connectivity index (χ4n) is 2.84. The Hall–Kier alpha value is -2.67. The second-order valence-electron chi connectivity index (χ2n) is 5.78. The van der Waals surface area contributed by atoms with E-state index < -0.39 is 0 Å². The van der Waals surface area contributed by atoms with E-state index in [9.17, 15) is 4.79 Å². The van der Waals surface area contributed by atoms with Gasteiger partial charge in [-0.05, 0) is 17.5 Å². The van der Waals surface area contributed by atoms with Crippen molar-refractivity contribution in [2.75, 3.05) is 6.61 Å². The number of hydrogen-bond donors (Lipinski definition) is 1. The molecule has 0 saturated carbocycles. The average molecular weight is 355 g/mol. The third-order valence-corrected chi connectivity index (χ3v) is 4.94. The maximum Gasteiger partial charge on any atom is 0.227 e. The largest absolute Gasteiger partial charge is 0.493 e. The molecule has 6 nitrogen and oxygen atoms in total. The van der Waals surface area contributed by atoms with Gasteiger partial charge in [0.2, 0.25) is 17.6 Å². The molecule has 2 aromatic heterocycles. The van der Waals surface area contributed by atoms with Gasteiger partial charge in [-0.1, -0.05) is 29.4 Å². The number of nitrogens with zero attached hydrogens (tertiary/aromatic N) is 2.